The second-order valence-corrected chi connectivity index (χ2v) is 5.31. The van der Waals surface area contributed by atoms with Crippen LogP contribution in [0.4, 0.5) is 5.69 Å². The maximum atomic E-state index is 5.82. The minimum Gasteiger partial charge on any atom is -0.399 e. The molecule has 2 heterocycles. The Labute approximate surface area is 103 Å². The van der Waals surface area contributed by atoms with Crippen molar-refractivity contribution in [2.45, 2.75) is 25.4 Å². The molecule has 2 aliphatic heterocycles. The highest BCUT2D eigenvalue weighted by Crippen LogP contribution is 2.22. The van der Waals surface area contributed by atoms with Gasteiger partial charge < -0.3 is 5.73 Å². The normalized spacial score (nSPS) is 26.0. The topological polar surface area (TPSA) is 32.5 Å². The molecule has 2 saturated heterocycles. The third-order valence-electron chi connectivity index (χ3n) is 4.03. The lowest BCUT2D eigenvalue weighted by Crippen LogP contribution is -2.49. The lowest BCUT2D eigenvalue weighted by atomic mass is 10.1. The molecule has 0 amide bonds. The number of benzene rings is 1. The van der Waals surface area contributed by atoms with Crippen LogP contribution in [0.1, 0.15) is 18.4 Å². The molecule has 2 aliphatic rings. The second-order valence-electron chi connectivity index (χ2n) is 5.31. The SMILES string of the molecule is Nc1cccc(CN2CCN3CCCC3C2)c1. The van der Waals surface area contributed by atoms with E-state index in [9.17, 15) is 0 Å². The zero-order chi connectivity index (χ0) is 11.7. The number of fused-ring (bicyclic) bond motifs is 1. The van der Waals surface area contributed by atoms with Crippen molar-refractivity contribution >= 4 is 5.69 Å². The Morgan fingerprint density at radius 1 is 1.24 bits per heavy atom. The van der Waals surface area contributed by atoms with E-state index in [1.807, 2.05) is 6.07 Å². The lowest BCUT2D eigenvalue weighted by molar-refractivity contribution is 0.0994. The summed E-state index contributed by atoms with van der Waals surface area (Å²) in [5, 5.41) is 0. The number of nitrogens with two attached hydrogens (primary N) is 1. The number of piperazine rings is 1. The second kappa shape index (κ2) is 4.67. The first-order chi connectivity index (χ1) is 8.31. The predicted octanol–water partition coefficient (Wildman–Crippen LogP) is 1.55. The summed E-state index contributed by atoms with van der Waals surface area (Å²) < 4.78 is 0. The summed E-state index contributed by atoms with van der Waals surface area (Å²) in [5.41, 5.74) is 8.04. The average molecular weight is 231 g/mol. The quantitative estimate of drug-likeness (QED) is 0.784. The Bertz CT molecular complexity index is 391. The average Bonchev–Trinajstić information content (AvgIpc) is 2.76. The Hall–Kier alpha value is -1.06. The summed E-state index contributed by atoms with van der Waals surface area (Å²) in [6.07, 6.45) is 2.77. The van der Waals surface area contributed by atoms with Gasteiger partial charge in [-0.2, -0.15) is 0 Å². The Morgan fingerprint density at radius 3 is 3.06 bits per heavy atom. The van der Waals surface area contributed by atoms with Crippen molar-refractivity contribution in [3.05, 3.63) is 29.8 Å². The minimum absolute atomic E-state index is 0.810. The monoisotopic (exact) mass is 231 g/mol. The molecule has 1 aromatic rings. The molecule has 2 fully saturated rings. The number of rotatable bonds is 2. The third-order valence-corrected chi connectivity index (χ3v) is 4.03. The molecule has 3 nitrogen and oxygen atoms in total. The molecule has 0 aliphatic carbocycles. The molecule has 0 bridgehead atoms. The highest BCUT2D eigenvalue weighted by atomic mass is 15.3. The van der Waals surface area contributed by atoms with Gasteiger partial charge in [-0.15, -0.1) is 0 Å². The van der Waals surface area contributed by atoms with E-state index in [4.69, 9.17) is 5.73 Å². The van der Waals surface area contributed by atoms with Crippen molar-refractivity contribution < 1.29 is 0 Å². The summed E-state index contributed by atoms with van der Waals surface area (Å²) in [4.78, 5) is 5.22. The molecular weight excluding hydrogens is 210 g/mol. The van der Waals surface area contributed by atoms with E-state index in [0.29, 0.717) is 0 Å². The van der Waals surface area contributed by atoms with Crippen LogP contribution in [0.3, 0.4) is 0 Å². The van der Waals surface area contributed by atoms with Crippen molar-refractivity contribution in [3.63, 3.8) is 0 Å². The maximum Gasteiger partial charge on any atom is 0.0317 e. The summed E-state index contributed by atoms with van der Waals surface area (Å²) in [6.45, 7) is 6.04. The Balaban J connectivity index is 1.62. The molecule has 0 saturated carbocycles. The Morgan fingerprint density at radius 2 is 2.18 bits per heavy atom. The van der Waals surface area contributed by atoms with Crippen LogP contribution in [-0.4, -0.2) is 42.0 Å². The van der Waals surface area contributed by atoms with Crippen molar-refractivity contribution in [1.82, 2.24) is 9.80 Å². The van der Waals surface area contributed by atoms with Crippen LogP contribution in [0, 0.1) is 0 Å². The van der Waals surface area contributed by atoms with Gasteiger partial charge in [-0.1, -0.05) is 12.1 Å². The zero-order valence-electron chi connectivity index (χ0n) is 10.3. The van der Waals surface area contributed by atoms with E-state index in [1.165, 1.54) is 44.6 Å². The van der Waals surface area contributed by atoms with Gasteiger partial charge in [-0.05, 0) is 37.1 Å². The number of hydrogen-bond acceptors (Lipinski definition) is 3. The molecular formula is C14H21N3. The standard InChI is InChI=1S/C14H21N3/c15-13-4-1-3-12(9-13)10-16-7-8-17-6-2-5-14(17)11-16/h1,3-4,9,14H,2,5-8,10-11,15H2. The van der Waals surface area contributed by atoms with Gasteiger partial charge in [0.2, 0.25) is 0 Å². The Kier molecular flexibility index (Phi) is 3.04. The minimum atomic E-state index is 0.810. The number of nitrogen functional groups attached to an aromatic ring is 1. The zero-order valence-corrected chi connectivity index (χ0v) is 10.3. The first-order valence-electron chi connectivity index (χ1n) is 6.62. The van der Waals surface area contributed by atoms with Crippen molar-refractivity contribution in [2.75, 3.05) is 31.9 Å². The van der Waals surface area contributed by atoms with Crippen LogP contribution in [-0.2, 0) is 6.54 Å². The first-order valence-corrected chi connectivity index (χ1v) is 6.62. The molecule has 2 N–H and O–H groups in total. The molecule has 1 atom stereocenters. The van der Waals surface area contributed by atoms with Gasteiger partial charge in [0.15, 0.2) is 0 Å². The highest BCUT2D eigenvalue weighted by Gasteiger charge is 2.30. The predicted molar refractivity (Wildman–Crippen MR) is 70.7 cm³/mol. The number of anilines is 1. The maximum absolute atomic E-state index is 5.82. The van der Waals surface area contributed by atoms with Crippen LogP contribution in [0.5, 0.6) is 0 Å². The molecule has 0 aromatic heterocycles. The molecule has 3 rings (SSSR count). The molecule has 17 heavy (non-hydrogen) atoms. The fourth-order valence-corrected chi connectivity index (χ4v) is 3.15. The van der Waals surface area contributed by atoms with Gasteiger partial charge in [-0.25, -0.2) is 0 Å². The van der Waals surface area contributed by atoms with Gasteiger partial charge in [0.05, 0.1) is 0 Å². The van der Waals surface area contributed by atoms with Crippen molar-refractivity contribution in [2.24, 2.45) is 0 Å². The molecule has 0 spiro atoms. The molecule has 1 unspecified atom stereocenters. The molecule has 0 radical (unpaired) electrons. The summed E-state index contributed by atoms with van der Waals surface area (Å²) in [7, 11) is 0. The fourth-order valence-electron chi connectivity index (χ4n) is 3.15. The van der Waals surface area contributed by atoms with Crippen molar-refractivity contribution in [1.29, 1.82) is 0 Å². The van der Waals surface area contributed by atoms with Crippen LogP contribution in [0.2, 0.25) is 0 Å². The number of nitrogens with zero attached hydrogens (tertiary/aromatic N) is 2. The first kappa shape index (κ1) is 11.1. The van der Waals surface area contributed by atoms with Gasteiger partial charge in [0.1, 0.15) is 0 Å². The van der Waals surface area contributed by atoms with E-state index in [-0.39, 0.29) is 0 Å². The molecule has 3 heteroatoms. The van der Waals surface area contributed by atoms with E-state index in [2.05, 4.69) is 28.0 Å². The molecule has 92 valence electrons. The van der Waals surface area contributed by atoms with Gasteiger partial charge in [0.25, 0.3) is 0 Å². The van der Waals surface area contributed by atoms with E-state index >= 15 is 0 Å². The fraction of sp³-hybridized carbons (Fsp3) is 0.571. The van der Waals surface area contributed by atoms with Crippen LogP contribution >= 0.6 is 0 Å². The van der Waals surface area contributed by atoms with Gasteiger partial charge >= 0.3 is 0 Å². The van der Waals surface area contributed by atoms with Crippen molar-refractivity contribution in [3.8, 4) is 0 Å². The van der Waals surface area contributed by atoms with E-state index in [1.54, 1.807) is 0 Å². The van der Waals surface area contributed by atoms with Gasteiger partial charge in [0, 0.05) is 37.9 Å². The van der Waals surface area contributed by atoms with Crippen LogP contribution in [0.25, 0.3) is 0 Å². The number of hydrogen-bond donors (Lipinski definition) is 1. The lowest BCUT2D eigenvalue weighted by Gasteiger charge is -2.37. The van der Waals surface area contributed by atoms with Crippen LogP contribution in [0.15, 0.2) is 24.3 Å². The third kappa shape index (κ3) is 2.45. The highest BCUT2D eigenvalue weighted by molar-refractivity contribution is 5.40. The summed E-state index contributed by atoms with van der Waals surface area (Å²) in [6, 6.07) is 9.10. The van der Waals surface area contributed by atoms with Crippen LogP contribution < -0.4 is 5.73 Å². The van der Waals surface area contributed by atoms with E-state index < -0.39 is 0 Å². The summed E-state index contributed by atoms with van der Waals surface area (Å²) in [5.74, 6) is 0. The van der Waals surface area contributed by atoms with Gasteiger partial charge in [-0.3, -0.25) is 9.80 Å². The smallest absolute Gasteiger partial charge is 0.0317 e. The molecule has 1 aromatic carbocycles. The summed E-state index contributed by atoms with van der Waals surface area (Å²) >= 11 is 0. The van der Waals surface area contributed by atoms with E-state index in [0.717, 1.165) is 18.3 Å². The largest absolute Gasteiger partial charge is 0.399 e.